The molecular formula is C16H18N4O3S. The highest BCUT2D eigenvalue weighted by atomic mass is 32.2. The lowest BCUT2D eigenvalue weighted by Gasteiger charge is -2.06. The van der Waals surface area contributed by atoms with Gasteiger partial charge in [0.2, 0.25) is 11.8 Å². The van der Waals surface area contributed by atoms with Crippen molar-refractivity contribution in [3.8, 4) is 0 Å². The summed E-state index contributed by atoms with van der Waals surface area (Å²) in [5.41, 5.74) is 6.17. The van der Waals surface area contributed by atoms with Crippen LogP contribution < -0.4 is 16.6 Å². The van der Waals surface area contributed by atoms with Gasteiger partial charge in [-0.05, 0) is 12.0 Å². The Kier molecular flexibility index (Phi) is 6.56. The van der Waals surface area contributed by atoms with Crippen LogP contribution in [-0.4, -0.2) is 34.1 Å². The van der Waals surface area contributed by atoms with Crippen LogP contribution in [0, 0.1) is 0 Å². The molecule has 0 aliphatic carbocycles. The maximum atomic E-state index is 11.9. The van der Waals surface area contributed by atoms with E-state index < -0.39 is 5.91 Å². The molecule has 2 rings (SSSR count). The largest absolute Gasteiger partial charge is 0.369 e. The Morgan fingerprint density at radius 1 is 1.25 bits per heavy atom. The van der Waals surface area contributed by atoms with Crippen molar-refractivity contribution in [2.75, 3.05) is 12.3 Å². The van der Waals surface area contributed by atoms with Crippen LogP contribution in [0.1, 0.15) is 11.3 Å². The number of nitrogens with zero attached hydrogens (tertiary/aromatic N) is 1. The summed E-state index contributed by atoms with van der Waals surface area (Å²) in [6, 6.07) is 11.1. The molecule has 126 valence electrons. The van der Waals surface area contributed by atoms with Crippen molar-refractivity contribution in [3.63, 3.8) is 0 Å². The predicted molar refractivity (Wildman–Crippen MR) is 91.6 cm³/mol. The maximum Gasteiger partial charge on any atom is 0.251 e. The van der Waals surface area contributed by atoms with Gasteiger partial charge in [-0.2, -0.15) is 0 Å². The topological polar surface area (TPSA) is 118 Å². The molecule has 0 aliphatic heterocycles. The van der Waals surface area contributed by atoms with Crippen LogP contribution in [0.15, 0.2) is 46.3 Å². The first-order chi connectivity index (χ1) is 11.5. The minimum atomic E-state index is -0.508. The van der Waals surface area contributed by atoms with Gasteiger partial charge in [0.25, 0.3) is 5.56 Å². The Balaban J connectivity index is 1.86. The third-order valence-corrected chi connectivity index (χ3v) is 3.94. The van der Waals surface area contributed by atoms with Gasteiger partial charge in [-0.25, -0.2) is 4.98 Å². The molecule has 1 aromatic heterocycles. The monoisotopic (exact) mass is 346 g/mol. The molecule has 1 heterocycles. The lowest BCUT2D eigenvalue weighted by Crippen LogP contribution is -2.28. The van der Waals surface area contributed by atoms with Gasteiger partial charge in [-0.3, -0.25) is 14.4 Å². The molecule has 8 heteroatoms. The summed E-state index contributed by atoms with van der Waals surface area (Å²) < 4.78 is 0. The van der Waals surface area contributed by atoms with Crippen molar-refractivity contribution >= 4 is 23.6 Å². The quantitative estimate of drug-likeness (QED) is 0.468. The van der Waals surface area contributed by atoms with Crippen molar-refractivity contribution in [2.24, 2.45) is 5.73 Å². The SMILES string of the molecule is NC(=O)CSc1nc(CC(=O)NCCc2ccccc2)cc(=O)[nH]1. The van der Waals surface area contributed by atoms with Crippen molar-refractivity contribution in [2.45, 2.75) is 18.0 Å². The average molecular weight is 346 g/mol. The maximum absolute atomic E-state index is 11.9. The minimum Gasteiger partial charge on any atom is -0.369 e. The first-order valence-corrected chi connectivity index (χ1v) is 8.33. The number of nitrogens with one attached hydrogen (secondary N) is 2. The van der Waals surface area contributed by atoms with E-state index >= 15 is 0 Å². The van der Waals surface area contributed by atoms with Crippen molar-refractivity contribution in [3.05, 3.63) is 58.0 Å². The first kappa shape index (κ1) is 17.7. The van der Waals surface area contributed by atoms with Gasteiger partial charge in [0.15, 0.2) is 5.16 Å². The zero-order valence-electron chi connectivity index (χ0n) is 13.0. The Hall–Kier alpha value is -2.61. The van der Waals surface area contributed by atoms with Gasteiger partial charge in [0.1, 0.15) is 0 Å². The fraction of sp³-hybridized carbons (Fsp3) is 0.250. The molecule has 0 unspecified atom stereocenters. The van der Waals surface area contributed by atoms with Crippen LogP contribution >= 0.6 is 11.8 Å². The second-order valence-corrected chi connectivity index (χ2v) is 6.02. The highest BCUT2D eigenvalue weighted by Crippen LogP contribution is 2.10. The number of thioether (sulfide) groups is 1. The Bertz CT molecular complexity index is 761. The molecule has 0 atom stereocenters. The van der Waals surface area contributed by atoms with E-state index in [4.69, 9.17) is 5.73 Å². The molecule has 2 amide bonds. The number of hydrogen-bond acceptors (Lipinski definition) is 5. The van der Waals surface area contributed by atoms with Gasteiger partial charge in [0, 0.05) is 12.6 Å². The van der Waals surface area contributed by atoms with Gasteiger partial charge >= 0.3 is 0 Å². The fourth-order valence-corrected chi connectivity index (χ4v) is 2.63. The Labute approximate surface area is 143 Å². The number of benzene rings is 1. The molecule has 1 aromatic carbocycles. The van der Waals surface area contributed by atoms with Gasteiger partial charge in [-0.15, -0.1) is 0 Å². The molecule has 0 saturated carbocycles. The van der Waals surface area contributed by atoms with Crippen molar-refractivity contribution in [1.82, 2.24) is 15.3 Å². The molecule has 0 fully saturated rings. The molecule has 2 aromatic rings. The molecule has 0 radical (unpaired) electrons. The number of hydrogen-bond donors (Lipinski definition) is 3. The van der Waals surface area contributed by atoms with Crippen LogP contribution in [0.3, 0.4) is 0 Å². The summed E-state index contributed by atoms with van der Waals surface area (Å²) in [5.74, 6) is -0.711. The smallest absolute Gasteiger partial charge is 0.251 e. The predicted octanol–water partition coefficient (Wildman–Crippen LogP) is 0.249. The van der Waals surface area contributed by atoms with Crippen LogP contribution in [0.5, 0.6) is 0 Å². The second-order valence-electron chi connectivity index (χ2n) is 5.06. The van der Waals surface area contributed by atoms with E-state index in [1.807, 2.05) is 30.3 Å². The number of H-pyrrole nitrogens is 1. The Morgan fingerprint density at radius 3 is 2.71 bits per heavy atom. The van der Waals surface area contributed by atoms with Crippen LogP contribution in [0.2, 0.25) is 0 Å². The highest BCUT2D eigenvalue weighted by molar-refractivity contribution is 7.99. The number of amides is 2. The van der Waals surface area contributed by atoms with Crippen LogP contribution in [-0.2, 0) is 22.4 Å². The molecular weight excluding hydrogens is 328 g/mol. The highest BCUT2D eigenvalue weighted by Gasteiger charge is 2.08. The van der Waals surface area contributed by atoms with Gasteiger partial charge in [0.05, 0.1) is 17.9 Å². The van der Waals surface area contributed by atoms with E-state index in [-0.39, 0.29) is 28.8 Å². The Morgan fingerprint density at radius 2 is 2.00 bits per heavy atom. The molecule has 7 nitrogen and oxygen atoms in total. The van der Waals surface area contributed by atoms with E-state index in [9.17, 15) is 14.4 Å². The summed E-state index contributed by atoms with van der Waals surface area (Å²) in [7, 11) is 0. The lowest BCUT2D eigenvalue weighted by atomic mass is 10.1. The fourth-order valence-electron chi connectivity index (χ4n) is 2.00. The van der Waals surface area contributed by atoms with E-state index in [1.54, 1.807) is 0 Å². The number of carbonyl (C=O) groups excluding carboxylic acids is 2. The normalized spacial score (nSPS) is 10.3. The van der Waals surface area contributed by atoms with Crippen molar-refractivity contribution in [1.29, 1.82) is 0 Å². The number of nitrogens with two attached hydrogens (primary N) is 1. The van der Waals surface area contributed by atoms with E-state index in [2.05, 4.69) is 15.3 Å². The molecule has 0 aliphatic rings. The van der Waals surface area contributed by atoms with Gasteiger partial charge in [-0.1, -0.05) is 42.1 Å². The molecule has 4 N–H and O–H groups in total. The zero-order chi connectivity index (χ0) is 17.4. The number of carbonyl (C=O) groups is 2. The molecule has 0 saturated heterocycles. The summed E-state index contributed by atoms with van der Waals surface area (Å²) in [5, 5.41) is 3.07. The van der Waals surface area contributed by atoms with Crippen molar-refractivity contribution < 1.29 is 9.59 Å². The number of aromatic nitrogens is 2. The minimum absolute atomic E-state index is 0.00282. The van der Waals surface area contributed by atoms with Gasteiger partial charge < -0.3 is 16.0 Å². The van der Waals surface area contributed by atoms with E-state index in [1.165, 1.54) is 6.07 Å². The second kappa shape index (κ2) is 8.88. The number of rotatable bonds is 8. The first-order valence-electron chi connectivity index (χ1n) is 7.35. The number of primary amides is 1. The summed E-state index contributed by atoms with van der Waals surface area (Å²) >= 11 is 1.03. The average Bonchev–Trinajstić information content (AvgIpc) is 2.53. The molecule has 24 heavy (non-hydrogen) atoms. The number of aromatic amines is 1. The summed E-state index contributed by atoms with van der Waals surface area (Å²) in [4.78, 5) is 40.9. The van der Waals surface area contributed by atoms with Crippen LogP contribution in [0.4, 0.5) is 0 Å². The van der Waals surface area contributed by atoms with E-state index in [0.717, 1.165) is 23.7 Å². The third-order valence-electron chi connectivity index (χ3n) is 3.04. The lowest BCUT2D eigenvalue weighted by molar-refractivity contribution is -0.120. The third kappa shape index (κ3) is 6.25. The summed E-state index contributed by atoms with van der Waals surface area (Å²) in [6.45, 7) is 0.509. The molecule has 0 spiro atoms. The standard InChI is InChI=1S/C16H18N4O3S/c17-13(21)10-24-16-19-12(9-15(23)20-16)8-14(22)18-7-6-11-4-2-1-3-5-11/h1-5,9H,6-8,10H2,(H2,17,21)(H,18,22)(H,19,20,23). The van der Waals surface area contributed by atoms with Crippen LogP contribution in [0.25, 0.3) is 0 Å². The zero-order valence-corrected chi connectivity index (χ0v) is 13.8. The van der Waals surface area contributed by atoms with E-state index in [0.29, 0.717) is 12.2 Å². The molecule has 0 bridgehead atoms. The summed E-state index contributed by atoms with van der Waals surface area (Å²) in [6.07, 6.45) is 0.734.